The Morgan fingerprint density at radius 2 is 1.61 bits per heavy atom. The molecule has 4 nitrogen and oxygen atoms in total. The van der Waals surface area contributed by atoms with Crippen molar-refractivity contribution in [3.63, 3.8) is 0 Å². The van der Waals surface area contributed by atoms with Gasteiger partial charge < -0.3 is 14.4 Å². The van der Waals surface area contributed by atoms with Gasteiger partial charge in [-0.25, -0.2) is 0 Å². The van der Waals surface area contributed by atoms with Crippen molar-refractivity contribution in [1.82, 2.24) is 4.90 Å². The van der Waals surface area contributed by atoms with E-state index < -0.39 is 0 Å². The molecule has 0 aliphatic rings. The van der Waals surface area contributed by atoms with Gasteiger partial charge in [-0.05, 0) is 61.4 Å². The normalized spacial score (nSPS) is 10.3. The molecule has 0 fully saturated rings. The van der Waals surface area contributed by atoms with Crippen LogP contribution in [0.1, 0.15) is 21.5 Å². The highest BCUT2D eigenvalue weighted by Gasteiger charge is 2.11. The fourth-order valence-electron chi connectivity index (χ4n) is 2.37. The van der Waals surface area contributed by atoms with Crippen LogP contribution in [0.25, 0.3) is 0 Å². The molecule has 23 heavy (non-hydrogen) atoms. The average Bonchev–Trinajstić information content (AvgIpc) is 2.53. The van der Waals surface area contributed by atoms with E-state index in [0.29, 0.717) is 18.7 Å². The Morgan fingerprint density at radius 1 is 1.00 bits per heavy atom. The fraction of sp³-hybridized carbons (Fsp3) is 0.316. The Hall–Kier alpha value is -2.49. The summed E-state index contributed by atoms with van der Waals surface area (Å²) in [6.07, 6.45) is 0. The summed E-state index contributed by atoms with van der Waals surface area (Å²) in [4.78, 5) is 14.0. The number of amides is 1. The predicted octanol–water partition coefficient (Wildman–Crippen LogP) is 3.46. The van der Waals surface area contributed by atoms with E-state index in [2.05, 4.69) is 6.07 Å². The zero-order valence-electron chi connectivity index (χ0n) is 14.1. The number of hydrogen-bond acceptors (Lipinski definition) is 3. The molecule has 4 heteroatoms. The number of hydrogen-bond donors (Lipinski definition) is 0. The number of methoxy groups -OCH3 is 1. The van der Waals surface area contributed by atoms with Gasteiger partial charge in [0.05, 0.1) is 13.7 Å². The van der Waals surface area contributed by atoms with Crippen molar-refractivity contribution in [2.24, 2.45) is 0 Å². The van der Waals surface area contributed by atoms with Crippen molar-refractivity contribution in [3.05, 3.63) is 59.2 Å². The molecule has 0 aliphatic heterocycles. The standard InChI is InChI=1S/C19H23NO3/c1-14-11-15(2)13-18(12-14)23-10-9-20(3)19(21)16-5-7-17(22-4)8-6-16/h5-8,11-13H,9-10H2,1-4H3. The van der Waals surface area contributed by atoms with Gasteiger partial charge in [-0.15, -0.1) is 0 Å². The molecule has 2 aromatic carbocycles. The van der Waals surface area contributed by atoms with Crippen molar-refractivity contribution < 1.29 is 14.3 Å². The summed E-state index contributed by atoms with van der Waals surface area (Å²) in [5, 5.41) is 0. The van der Waals surface area contributed by atoms with Crippen LogP contribution in [0, 0.1) is 13.8 Å². The van der Waals surface area contributed by atoms with E-state index in [0.717, 1.165) is 11.5 Å². The molecular formula is C19H23NO3. The molecule has 0 unspecified atom stereocenters. The predicted molar refractivity (Wildman–Crippen MR) is 91.4 cm³/mol. The minimum absolute atomic E-state index is 0.0309. The lowest BCUT2D eigenvalue weighted by Crippen LogP contribution is -2.30. The van der Waals surface area contributed by atoms with Crippen LogP contribution < -0.4 is 9.47 Å². The lowest BCUT2D eigenvalue weighted by atomic mass is 10.1. The molecular weight excluding hydrogens is 290 g/mol. The van der Waals surface area contributed by atoms with Gasteiger partial charge >= 0.3 is 0 Å². The largest absolute Gasteiger partial charge is 0.497 e. The topological polar surface area (TPSA) is 38.8 Å². The van der Waals surface area contributed by atoms with E-state index >= 15 is 0 Å². The van der Waals surface area contributed by atoms with Crippen molar-refractivity contribution in [2.75, 3.05) is 27.3 Å². The number of benzene rings is 2. The summed E-state index contributed by atoms with van der Waals surface area (Å²) in [7, 11) is 3.38. The number of carbonyl (C=O) groups is 1. The molecule has 0 saturated carbocycles. The smallest absolute Gasteiger partial charge is 0.253 e. The van der Waals surface area contributed by atoms with Gasteiger partial charge in [-0.1, -0.05) is 6.07 Å². The highest BCUT2D eigenvalue weighted by atomic mass is 16.5. The number of ether oxygens (including phenoxy) is 2. The van der Waals surface area contributed by atoms with Crippen LogP contribution >= 0.6 is 0 Å². The molecule has 0 N–H and O–H groups in total. The van der Waals surface area contributed by atoms with E-state index in [1.165, 1.54) is 11.1 Å². The summed E-state index contributed by atoms with van der Waals surface area (Å²) >= 11 is 0. The first-order valence-corrected chi connectivity index (χ1v) is 7.60. The van der Waals surface area contributed by atoms with Gasteiger partial charge in [0.25, 0.3) is 5.91 Å². The minimum Gasteiger partial charge on any atom is -0.497 e. The lowest BCUT2D eigenvalue weighted by Gasteiger charge is -2.18. The third-order valence-corrected chi connectivity index (χ3v) is 3.57. The van der Waals surface area contributed by atoms with E-state index in [1.54, 1.807) is 43.3 Å². The van der Waals surface area contributed by atoms with Crippen molar-refractivity contribution in [3.8, 4) is 11.5 Å². The van der Waals surface area contributed by atoms with Crippen LogP contribution in [0.2, 0.25) is 0 Å². The minimum atomic E-state index is -0.0309. The number of rotatable bonds is 6. The van der Waals surface area contributed by atoms with Gasteiger partial charge in [0.15, 0.2) is 0 Å². The molecule has 0 spiro atoms. The maximum atomic E-state index is 12.3. The van der Waals surface area contributed by atoms with Crippen molar-refractivity contribution in [1.29, 1.82) is 0 Å². The van der Waals surface area contributed by atoms with Crippen LogP contribution in [0.15, 0.2) is 42.5 Å². The summed E-state index contributed by atoms with van der Waals surface area (Å²) in [6, 6.07) is 13.2. The molecule has 0 heterocycles. The van der Waals surface area contributed by atoms with E-state index in [-0.39, 0.29) is 5.91 Å². The fourth-order valence-corrected chi connectivity index (χ4v) is 2.37. The Morgan fingerprint density at radius 3 is 2.17 bits per heavy atom. The first-order valence-electron chi connectivity index (χ1n) is 7.60. The summed E-state index contributed by atoms with van der Waals surface area (Å²) in [5.74, 6) is 1.55. The van der Waals surface area contributed by atoms with Crippen LogP contribution in [-0.2, 0) is 0 Å². The van der Waals surface area contributed by atoms with Crippen molar-refractivity contribution in [2.45, 2.75) is 13.8 Å². The Bertz CT molecular complexity index is 645. The van der Waals surface area contributed by atoms with Gasteiger partial charge in [-0.3, -0.25) is 4.79 Å². The first-order chi connectivity index (χ1) is 11.0. The molecule has 2 rings (SSSR count). The first kappa shape index (κ1) is 16.9. The number of likely N-dealkylation sites (N-methyl/N-ethyl adjacent to an activating group) is 1. The highest BCUT2D eigenvalue weighted by Crippen LogP contribution is 2.16. The van der Waals surface area contributed by atoms with E-state index in [1.807, 2.05) is 26.0 Å². The summed E-state index contributed by atoms with van der Waals surface area (Å²) in [5.41, 5.74) is 2.98. The van der Waals surface area contributed by atoms with Crippen molar-refractivity contribution >= 4 is 5.91 Å². The molecule has 0 saturated heterocycles. The van der Waals surface area contributed by atoms with Crippen LogP contribution in [0.5, 0.6) is 11.5 Å². The van der Waals surface area contributed by atoms with Gasteiger partial charge in [0.2, 0.25) is 0 Å². The maximum absolute atomic E-state index is 12.3. The number of carbonyl (C=O) groups excluding carboxylic acids is 1. The van der Waals surface area contributed by atoms with Gasteiger partial charge in [0, 0.05) is 12.6 Å². The van der Waals surface area contributed by atoms with Gasteiger partial charge in [0.1, 0.15) is 18.1 Å². The molecule has 0 radical (unpaired) electrons. The zero-order chi connectivity index (χ0) is 16.8. The Labute approximate surface area is 137 Å². The molecule has 1 amide bonds. The molecule has 2 aromatic rings. The Kier molecular flexibility index (Phi) is 5.63. The second kappa shape index (κ2) is 7.68. The van der Waals surface area contributed by atoms with Crippen LogP contribution in [-0.4, -0.2) is 38.1 Å². The maximum Gasteiger partial charge on any atom is 0.253 e. The van der Waals surface area contributed by atoms with E-state index in [4.69, 9.17) is 9.47 Å². The lowest BCUT2D eigenvalue weighted by molar-refractivity contribution is 0.0773. The monoisotopic (exact) mass is 313 g/mol. The SMILES string of the molecule is COc1ccc(C(=O)N(C)CCOc2cc(C)cc(C)c2)cc1. The second-order valence-electron chi connectivity index (χ2n) is 5.63. The number of nitrogens with zero attached hydrogens (tertiary/aromatic N) is 1. The number of aryl methyl sites for hydroxylation is 2. The van der Waals surface area contributed by atoms with E-state index in [9.17, 15) is 4.79 Å². The summed E-state index contributed by atoms with van der Waals surface area (Å²) < 4.78 is 10.8. The summed E-state index contributed by atoms with van der Waals surface area (Å²) in [6.45, 7) is 5.07. The molecule has 0 aliphatic carbocycles. The third-order valence-electron chi connectivity index (χ3n) is 3.57. The molecule has 0 aromatic heterocycles. The van der Waals surface area contributed by atoms with Crippen LogP contribution in [0.4, 0.5) is 0 Å². The molecule has 122 valence electrons. The van der Waals surface area contributed by atoms with Crippen LogP contribution in [0.3, 0.4) is 0 Å². The molecule has 0 atom stereocenters. The highest BCUT2D eigenvalue weighted by molar-refractivity contribution is 5.94. The Balaban J connectivity index is 1.88. The zero-order valence-corrected chi connectivity index (χ0v) is 14.1. The van der Waals surface area contributed by atoms with Gasteiger partial charge in [-0.2, -0.15) is 0 Å². The second-order valence-corrected chi connectivity index (χ2v) is 5.63. The molecule has 0 bridgehead atoms. The third kappa shape index (κ3) is 4.74. The average molecular weight is 313 g/mol. The quantitative estimate of drug-likeness (QED) is 0.820.